The maximum atomic E-state index is 12.6. The third-order valence-electron chi connectivity index (χ3n) is 4.85. The van der Waals surface area contributed by atoms with E-state index in [1.165, 1.54) is 11.3 Å². The summed E-state index contributed by atoms with van der Waals surface area (Å²) in [6.07, 6.45) is 1.65. The highest BCUT2D eigenvalue weighted by Crippen LogP contribution is 2.39. The number of alkyl carbamates (subject to hydrolysis) is 1. The van der Waals surface area contributed by atoms with Crippen LogP contribution in [0.4, 0.5) is 9.80 Å². The monoisotopic (exact) mass is 407 g/mol. The molecular formula is C18H21N3O6S. The molecule has 28 heavy (non-hydrogen) atoms. The van der Waals surface area contributed by atoms with Crippen LogP contribution in [0.3, 0.4) is 0 Å². The van der Waals surface area contributed by atoms with Gasteiger partial charge in [-0.25, -0.2) is 4.79 Å². The van der Waals surface area contributed by atoms with E-state index in [9.17, 15) is 24.0 Å². The van der Waals surface area contributed by atoms with E-state index in [4.69, 9.17) is 0 Å². The summed E-state index contributed by atoms with van der Waals surface area (Å²) >= 11 is 1.28. The molecule has 0 unspecified atom stereocenters. The molecule has 0 bridgehead atoms. The van der Waals surface area contributed by atoms with Gasteiger partial charge < -0.3 is 10.1 Å². The first-order valence-electron chi connectivity index (χ1n) is 8.97. The Bertz CT molecular complexity index is 846. The van der Waals surface area contributed by atoms with Crippen molar-refractivity contribution in [1.82, 2.24) is 10.2 Å². The molecule has 150 valence electrons. The summed E-state index contributed by atoms with van der Waals surface area (Å²) in [6, 6.07) is 0. The summed E-state index contributed by atoms with van der Waals surface area (Å²) in [7, 11) is 1.15. The molecule has 1 saturated heterocycles. The van der Waals surface area contributed by atoms with Crippen molar-refractivity contribution in [2.24, 2.45) is 5.92 Å². The van der Waals surface area contributed by atoms with E-state index >= 15 is 0 Å². The van der Waals surface area contributed by atoms with Gasteiger partial charge in [-0.2, -0.15) is 0 Å². The largest absolute Gasteiger partial charge is 0.453 e. The number of amides is 5. The molecule has 0 spiro atoms. The molecule has 0 radical (unpaired) electrons. The number of hydrogen-bond acceptors (Lipinski definition) is 7. The summed E-state index contributed by atoms with van der Waals surface area (Å²) in [5.74, 6) is -1.54. The van der Waals surface area contributed by atoms with Crippen molar-refractivity contribution in [2.45, 2.75) is 39.0 Å². The molecule has 2 heterocycles. The van der Waals surface area contributed by atoms with E-state index in [0.29, 0.717) is 17.3 Å². The van der Waals surface area contributed by atoms with Crippen molar-refractivity contribution in [3.8, 4) is 0 Å². The summed E-state index contributed by atoms with van der Waals surface area (Å²) in [4.78, 5) is 61.8. The minimum atomic E-state index is -0.889. The van der Waals surface area contributed by atoms with Crippen LogP contribution >= 0.6 is 11.3 Å². The summed E-state index contributed by atoms with van der Waals surface area (Å²) < 4.78 is 4.48. The highest BCUT2D eigenvalue weighted by Gasteiger charge is 2.32. The molecular weight excluding hydrogens is 386 g/mol. The summed E-state index contributed by atoms with van der Waals surface area (Å²) in [5.41, 5.74) is 1.05. The zero-order chi connectivity index (χ0) is 20.4. The van der Waals surface area contributed by atoms with Crippen LogP contribution in [-0.4, -0.2) is 48.3 Å². The van der Waals surface area contributed by atoms with Crippen LogP contribution in [0.5, 0.6) is 0 Å². The first-order chi connectivity index (χ1) is 13.3. The van der Waals surface area contributed by atoms with Gasteiger partial charge in [0.25, 0.3) is 5.91 Å². The number of anilines is 1. The number of nitrogens with one attached hydrogen (secondary N) is 2. The Morgan fingerprint density at radius 3 is 2.50 bits per heavy atom. The Balaban J connectivity index is 1.84. The zero-order valence-electron chi connectivity index (χ0n) is 15.6. The van der Waals surface area contributed by atoms with Gasteiger partial charge in [-0.1, -0.05) is 6.92 Å². The average Bonchev–Trinajstić information content (AvgIpc) is 3.15. The van der Waals surface area contributed by atoms with E-state index in [2.05, 4.69) is 22.3 Å². The van der Waals surface area contributed by atoms with Crippen molar-refractivity contribution in [1.29, 1.82) is 0 Å². The Morgan fingerprint density at radius 2 is 1.86 bits per heavy atom. The third-order valence-corrected chi connectivity index (χ3v) is 6.02. The van der Waals surface area contributed by atoms with Crippen molar-refractivity contribution >= 4 is 46.1 Å². The van der Waals surface area contributed by atoms with Gasteiger partial charge in [-0.15, -0.1) is 11.3 Å². The number of methoxy groups -OCH3 is 1. The molecule has 1 aromatic rings. The topological polar surface area (TPSA) is 122 Å². The lowest BCUT2D eigenvalue weighted by molar-refractivity contribution is -0.141. The molecule has 1 aliphatic carbocycles. The Labute approximate surface area is 165 Å². The van der Waals surface area contributed by atoms with Gasteiger partial charge in [0.05, 0.1) is 12.7 Å². The highest BCUT2D eigenvalue weighted by atomic mass is 32.1. The molecule has 1 fully saturated rings. The van der Waals surface area contributed by atoms with Gasteiger partial charge in [0.1, 0.15) is 11.5 Å². The zero-order valence-corrected chi connectivity index (χ0v) is 16.4. The molecule has 2 N–H and O–H groups in total. The summed E-state index contributed by atoms with van der Waals surface area (Å²) in [6.45, 7) is 1.72. The molecule has 10 heteroatoms. The van der Waals surface area contributed by atoms with Crippen molar-refractivity contribution < 1.29 is 28.7 Å². The molecule has 3 rings (SSSR count). The van der Waals surface area contributed by atoms with Crippen molar-refractivity contribution in [3.05, 3.63) is 16.0 Å². The van der Waals surface area contributed by atoms with E-state index in [0.717, 1.165) is 35.3 Å². The average molecular weight is 407 g/mol. The third kappa shape index (κ3) is 4.06. The van der Waals surface area contributed by atoms with Gasteiger partial charge in [-0.3, -0.25) is 29.4 Å². The number of fused-ring (bicyclic) bond motifs is 1. The van der Waals surface area contributed by atoms with E-state index in [1.54, 1.807) is 0 Å². The fourth-order valence-corrected chi connectivity index (χ4v) is 4.82. The first-order valence-corrected chi connectivity index (χ1v) is 9.78. The Kier molecular flexibility index (Phi) is 5.78. The molecule has 0 saturated carbocycles. The van der Waals surface area contributed by atoms with Crippen LogP contribution in [0, 0.1) is 5.92 Å². The molecule has 2 aliphatic rings. The lowest BCUT2D eigenvalue weighted by atomic mass is 9.88. The second-order valence-corrected chi connectivity index (χ2v) is 8.03. The van der Waals surface area contributed by atoms with Crippen molar-refractivity contribution in [3.63, 3.8) is 0 Å². The predicted molar refractivity (Wildman–Crippen MR) is 100.0 cm³/mol. The number of carbonyl (C=O) groups is 5. The van der Waals surface area contributed by atoms with E-state index < -0.39 is 24.5 Å². The van der Waals surface area contributed by atoms with Crippen LogP contribution in [-0.2, 0) is 32.0 Å². The lowest BCUT2D eigenvalue weighted by Crippen LogP contribution is -2.37. The maximum absolute atomic E-state index is 12.6. The number of likely N-dealkylation sites (tertiary alicyclic amines) is 1. The minimum Gasteiger partial charge on any atom is -0.453 e. The fraction of sp³-hybridized carbons (Fsp3) is 0.500. The van der Waals surface area contributed by atoms with Crippen LogP contribution in [0.25, 0.3) is 0 Å². The van der Waals surface area contributed by atoms with Crippen LogP contribution in [0.15, 0.2) is 0 Å². The molecule has 1 atom stereocenters. The minimum absolute atomic E-state index is 0.101. The number of imide groups is 2. The lowest BCUT2D eigenvalue weighted by Gasteiger charge is -2.18. The van der Waals surface area contributed by atoms with Gasteiger partial charge in [0.15, 0.2) is 0 Å². The first kappa shape index (κ1) is 20.0. The highest BCUT2D eigenvalue weighted by molar-refractivity contribution is 7.17. The Morgan fingerprint density at radius 1 is 1.18 bits per heavy atom. The predicted octanol–water partition coefficient (Wildman–Crippen LogP) is 1.46. The SMILES string of the molecule is COC(=O)NC(=O)c1c(NC(=O)CN2C(=O)CCC2=O)sc2c1CC[C@@H](C)C2. The maximum Gasteiger partial charge on any atom is 0.413 e. The van der Waals surface area contributed by atoms with Crippen LogP contribution < -0.4 is 10.6 Å². The molecule has 1 aliphatic heterocycles. The number of ether oxygens (including phenoxy) is 1. The second-order valence-electron chi connectivity index (χ2n) is 6.92. The van der Waals surface area contributed by atoms with E-state index in [-0.39, 0.29) is 30.2 Å². The van der Waals surface area contributed by atoms with Gasteiger partial charge >= 0.3 is 6.09 Å². The van der Waals surface area contributed by atoms with Gasteiger partial charge in [0.2, 0.25) is 17.7 Å². The normalized spacial score (nSPS) is 18.6. The quantitative estimate of drug-likeness (QED) is 0.729. The number of rotatable bonds is 4. The van der Waals surface area contributed by atoms with Crippen LogP contribution in [0.1, 0.15) is 47.0 Å². The summed E-state index contributed by atoms with van der Waals surface area (Å²) in [5, 5.41) is 5.08. The smallest absolute Gasteiger partial charge is 0.413 e. The van der Waals surface area contributed by atoms with Crippen molar-refractivity contribution in [2.75, 3.05) is 19.0 Å². The Hall–Kier alpha value is -2.75. The van der Waals surface area contributed by atoms with Gasteiger partial charge in [-0.05, 0) is 30.7 Å². The number of nitrogens with zero attached hydrogens (tertiary/aromatic N) is 1. The number of carbonyl (C=O) groups excluding carboxylic acids is 5. The van der Waals surface area contributed by atoms with Gasteiger partial charge in [0, 0.05) is 17.7 Å². The van der Waals surface area contributed by atoms with Crippen LogP contribution in [0.2, 0.25) is 0 Å². The molecule has 5 amide bonds. The fourth-order valence-electron chi connectivity index (χ4n) is 3.39. The molecule has 0 aromatic carbocycles. The van der Waals surface area contributed by atoms with E-state index in [1.807, 2.05) is 0 Å². The standard InChI is InChI=1S/C18H21N3O6S/c1-9-3-4-10-11(7-9)28-17(15(10)16(25)20-18(26)27-2)19-12(22)8-21-13(23)5-6-14(21)24/h9H,3-8H2,1-2H3,(H,19,22)(H,20,25,26)/t9-/m1/s1. The second kappa shape index (κ2) is 8.09. The molecule has 9 nitrogen and oxygen atoms in total. The molecule has 1 aromatic heterocycles. The number of thiophene rings is 1. The number of hydrogen-bond donors (Lipinski definition) is 2.